The molecule has 4 aromatic rings. The van der Waals surface area contributed by atoms with Gasteiger partial charge in [0.25, 0.3) is 0 Å². The van der Waals surface area contributed by atoms with Gasteiger partial charge in [-0.2, -0.15) is 0 Å². The second-order valence-electron chi connectivity index (χ2n) is 5.82. The lowest BCUT2D eigenvalue weighted by Crippen LogP contribution is -2.00. The maximum atomic E-state index is 5.91. The van der Waals surface area contributed by atoms with Crippen molar-refractivity contribution in [2.45, 2.75) is 0 Å². The Morgan fingerprint density at radius 3 is 2.38 bits per heavy atom. The van der Waals surface area contributed by atoms with E-state index in [9.17, 15) is 0 Å². The number of hydrogen-bond acceptors (Lipinski definition) is 6. The van der Waals surface area contributed by atoms with Crippen molar-refractivity contribution in [2.24, 2.45) is 0 Å². The van der Waals surface area contributed by atoms with Crippen molar-refractivity contribution in [1.29, 1.82) is 0 Å². The van der Waals surface area contributed by atoms with E-state index in [1.54, 1.807) is 13.2 Å². The normalized spacial score (nSPS) is 10.8. The quantitative estimate of drug-likeness (QED) is 0.552. The first kappa shape index (κ1) is 15.8. The number of anilines is 2. The van der Waals surface area contributed by atoms with E-state index in [-0.39, 0.29) is 5.95 Å². The molecule has 0 aliphatic carbocycles. The SMILES string of the molecule is COc1cc(-c2ccc3nc(N)nc(-c4ccccc4)c3n2)ccc1N. The molecule has 6 nitrogen and oxygen atoms in total. The third-order valence-corrected chi connectivity index (χ3v) is 4.14. The van der Waals surface area contributed by atoms with Crippen molar-refractivity contribution in [1.82, 2.24) is 15.0 Å². The highest BCUT2D eigenvalue weighted by atomic mass is 16.5. The molecule has 0 saturated carbocycles. The van der Waals surface area contributed by atoms with Crippen LogP contribution in [0.15, 0.2) is 60.7 Å². The first-order chi connectivity index (χ1) is 12.7. The largest absolute Gasteiger partial charge is 0.495 e. The lowest BCUT2D eigenvalue weighted by Gasteiger charge is -2.10. The van der Waals surface area contributed by atoms with Crippen LogP contribution in [0.3, 0.4) is 0 Å². The topological polar surface area (TPSA) is 99.9 Å². The van der Waals surface area contributed by atoms with Crippen LogP contribution < -0.4 is 16.2 Å². The molecule has 2 heterocycles. The number of pyridine rings is 1. The predicted octanol–water partition coefficient (Wildman–Crippen LogP) is 3.53. The van der Waals surface area contributed by atoms with E-state index >= 15 is 0 Å². The van der Waals surface area contributed by atoms with E-state index in [2.05, 4.69) is 9.97 Å². The van der Waals surface area contributed by atoms with Crippen LogP contribution in [0, 0.1) is 0 Å². The van der Waals surface area contributed by atoms with E-state index in [4.69, 9.17) is 21.2 Å². The van der Waals surface area contributed by atoms with Gasteiger partial charge in [-0.05, 0) is 24.3 Å². The van der Waals surface area contributed by atoms with Gasteiger partial charge >= 0.3 is 0 Å². The van der Waals surface area contributed by atoms with Crippen molar-refractivity contribution in [3.8, 4) is 28.3 Å². The standard InChI is InChI=1S/C20H17N5O/c1-26-17-11-13(7-8-14(17)21)15-9-10-16-19(23-15)18(25-20(22)24-16)12-5-3-2-4-6-12/h2-11H,21H2,1H3,(H2,22,24,25). The first-order valence-corrected chi connectivity index (χ1v) is 8.09. The highest BCUT2D eigenvalue weighted by molar-refractivity contribution is 5.91. The Balaban J connectivity index is 1.93. The lowest BCUT2D eigenvalue weighted by atomic mass is 10.1. The van der Waals surface area contributed by atoms with Crippen LogP contribution in [0.25, 0.3) is 33.5 Å². The Kier molecular flexibility index (Phi) is 3.85. The zero-order valence-electron chi connectivity index (χ0n) is 14.2. The number of benzene rings is 2. The zero-order chi connectivity index (χ0) is 18.1. The fourth-order valence-electron chi connectivity index (χ4n) is 2.86. The molecule has 0 bridgehead atoms. The number of fused-ring (bicyclic) bond motifs is 1. The van der Waals surface area contributed by atoms with Crippen LogP contribution in [-0.4, -0.2) is 22.1 Å². The van der Waals surface area contributed by atoms with Gasteiger partial charge in [0.1, 0.15) is 17.0 Å². The molecule has 4 N–H and O–H groups in total. The van der Waals surface area contributed by atoms with E-state index in [1.165, 1.54) is 0 Å². The van der Waals surface area contributed by atoms with E-state index < -0.39 is 0 Å². The molecule has 0 amide bonds. The summed E-state index contributed by atoms with van der Waals surface area (Å²) in [5.41, 5.74) is 17.1. The number of ether oxygens (including phenoxy) is 1. The third kappa shape index (κ3) is 2.77. The third-order valence-electron chi connectivity index (χ3n) is 4.14. The van der Waals surface area contributed by atoms with Gasteiger partial charge in [0.2, 0.25) is 5.95 Å². The van der Waals surface area contributed by atoms with Crippen LogP contribution in [0.4, 0.5) is 11.6 Å². The summed E-state index contributed by atoms with van der Waals surface area (Å²) < 4.78 is 5.31. The molecule has 0 fully saturated rings. The van der Waals surface area contributed by atoms with Gasteiger partial charge < -0.3 is 16.2 Å². The molecule has 26 heavy (non-hydrogen) atoms. The van der Waals surface area contributed by atoms with E-state index in [0.717, 1.165) is 16.8 Å². The summed E-state index contributed by atoms with van der Waals surface area (Å²) in [4.78, 5) is 13.5. The number of nitrogens with zero attached hydrogens (tertiary/aromatic N) is 3. The van der Waals surface area contributed by atoms with Gasteiger partial charge in [-0.25, -0.2) is 15.0 Å². The van der Waals surface area contributed by atoms with Crippen LogP contribution >= 0.6 is 0 Å². The fourth-order valence-corrected chi connectivity index (χ4v) is 2.86. The summed E-state index contributed by atoms with van der Waals surface area (Å²) in [5.74, 6) is 0.835. The number of methoxy groups -OCH3 is 1. The van der Waals surface area contributed by atoms with Gasteiger partial charge in [-0.1, -0.05) is 36.4 Å². The smallest absolute Gasteiger partial charge is 0.221 e. The molecule has 0 atom stereocenters. The molecule has 2 aromatic carbocycles. The number of rotatable bonds is 3. The molecule has 6 heteroatoms. The van der Waals surface area contributed by atoms with E-state index in [1.807, 2.05) is 54.6 Å². The Labute approximate surface area is 150 Å². The summed E-state index contributed by atoms with van der Waals surface area (Å²) in [6.07, 6.45) is 0. The first-order valence-electron chi connectivity index (χ1n) is 8.09. The second kappa shape index (κ2) is 6.33. The average molecular weight is 343 g/mol. The maximum absolute atomic E-state index is 5.91. The van der Waals surface area contributed by atoms with Crippen LogP contribution in [0.1, 0.15) is 0 Å². The number of nitrogen functional groups attached to an aromatic ring is 2. The average Bonchev–Trinajstić information content (AvgIpc) is 2.68. The van der Waals surface area contributed by atoms with Crippen LogP contribution in [0.2, 0.25) is 0 Å². The van der Waals surface area contributed by atoms with Crippen molar-refractivity contribution in [2.75, 3.05) is 18.6 Å². The van der Waals surface area contributed by atoms with Gasteiger partial charge in [-0.3, -0.25) is 0 Å². The monoisotopic (exact) mass is 343 g/mol. The summed E-state index contributed by atoms with van der Waals surface area (Å²) in [6, 6.07) is 19.2. The molecule has 4 rings (SSSR count). The number of hydrogen-bond donors (Lipinski definition) is 2. The van der Waals surface area contributed by atoms with Gasteiger partial charge in [0.15, 0.2) is 0 Å². The highest BCUT2D eigenvalue weighted by Crippen LogP contribution is 2.31. The molecule has 0 unspecified atom stereocenters. The summed E-state index contributed by atoms with van der Waals surface area (Å²) in [5, 5.41) is 0. The van der Waals surface area contributed by atoms with Crippen molar-refractivity contribution < 1.29 is 4.74 Å². The van der Waals surface area contributed by atoms with E-state index in [0.29, 0.717) is 28.2 Å². The predicted molar refractivity (Wildman–Crippen MR) is 104 cm³/mol. The number of nitrogens with two attached hydrogens (primary N) is 2. The van der Waals surface area contributed by atoms with Crippen molar-refractivity contribution >= 4 is 22.7 Å². The minimum absolute atomic E-state index is 0.222. The van der Waals surface area contributed by atoms with Gasteiger partial charge in [0, 0.05) is 11.1 Å². The Morgan fingerprint density at radius 1 is 0.808 bits per heavy atom. The Bertz CT molecular complexity index is 1100. The minimum Gasteiger partial charge on any atom is -0.495 e. The van der Waals surface area contributed by atoms with Crippen LogP contribution in [-0.2, 0) is 0 Å². The van der Waals surface area contributed by atoms with Gasteiger partial charge in [0.05, 0.1) is 24.0 Å². The maximum Gasteiger partial charge on any atom is 0.221 e. The molecule has 0 aliphatic heterocycles. The van der Waals surface area contributed by atoms with Crippen molar-refractivity contribution in [3.05, 3.63) is 60.7 Å². The summed E-state index contributed by atoms with van der Waals surface area (Å²) in [6.45, 7) is 0. The molecule has 2 aromatic heterocycles. The highest BCUT2D eigenvalue weighted by Gasteiger charge is 2.12. The fraction of sp³-hybridized carbons (Fsp3) is 0.0500. The summed E-state index contributed by atoms with van der Waals surface area (Å²) in [7, 11) is 1.59. The second-order valence-corrected chi connectivity index (χ2v) is 5.82. The molecular weight excluding hydrogens is 326 g/mol. The Morgan fingerprint density at radius 2 is 1.62 bits per heavy atom. The molecular formula is C20H17N5O. The van der Waals surface area contributed by atoms with Crippen molar-refractivity contribution in [3.63, 3.8) is 0 Å². The minimum atomic E-state index is 0.222. The molecule has 0 spiro atoms. The molecule has 0 saturated heterocycles. The molecule has 128 valence electrons. The lowest BCUT2D eigenvalue weighted by molar-refractivity contribution is 0.417. The number of aromatic nitrogens is 3. The molecule has 0 aliphatic rings. The molecule has 0 radical (unpaired) electrons. The Hall–Kier alpha value is -3.67. The van der Waals surface area contributed by atoms with Crippen LogP contribution in [0.5, 0.6) is 5.75 Å². The van der Waals surface area contributed by atoms with Gasteiger partial charge in [-0.15, -0.1) is 0 Å². The summed E-state index contributed by atoms with van der Waals surface area (Å²) >= 11 is 0. The zero-order valence-corrected chi connectivity index (χ0v) is 14.2.